The minimum absolute atomic E-state index is 0.00757. The van der Waals surface area contributed by atoms with Gasteiger partial charge in [-0.05, 0) is 49.9 Å². The van der Waals surface area contributed by atoms with Gasteiger partial charge in [0.1, 0.15) is 6.10 Å². The number of nitrogens with zero attached hydrogens (tertiary/aromatic N) is 1. The van der Waals surface area contributed by atoms with Gasteiger partial charge in [-0.1, -0.05) is 6.42 Å². The molecule has 0 atom stereocenters. The number of benzene rings is 1. The summed E-state index contributed by atoms with van der Waals surface area (Å²) in [6, 6.07) is 6.24. The predicted octanol–water partition coefficient (Wildman–Crippen LogP) is 2.39. The van der Waals surface area contributed by atoms with Crippen molar-refractivity contribution in [1.29, 1.82) is 0 Å². The summed E-state index contributed by atoms with van der Waals surface area (Å²) in [5.74, 6) is -0.353. The highest BCUT2D eigenvalue weighted by molar-refractivity contribution is 7.90. The van der Waals surface area contributed by atoms with E-state index in [1.165, 1.54) is 20.5 Å². The van der Waals surface area contributed by atoms with Crippen molar-refractivity contribution < 1.29 is 17.9 Å². The monoisotopic (exact) mass is 326 g/mol. The van der Waals surface area contributed by atoms with Gasteiger partial charge in [-0.2, -0.15) is 12.7 Å². The third kappa shape index (κ3) is 4.45. The largest absolute Gasteiger partial charge is 0.459 e. The van der Waals surface area contributed by atoms with Crippen molar-refractivity contribution in [3.63, 3.8) is 0 Å². The van der Waals surface area contributed by atoms with Crippen LogP contribution in [0.4, 0.5) is 5.69 Å². The number of nitrogens with one attached hydrogen (secondary N) is 1. The number of rotatable bonds is 5. The molecule has 1 N–H and O–H groups in total. The van der Waals surface area contributed by atoms with E-state index in [4.69, 9.17) is 4.74 Å². The fourth-order valence-electron chi connectivity index (χ4n) is 2.32. The molecule has 22 heavy (non-hydrogen) atoms. The van der Waals surface area contributed by atoms with Gasteiger partial charge in [-0.15, -0.1) is 0 Å². The summed E-state index contributed by atoms with van der Waals surface area (Å²) in [6.07, 6.45) is 5.26. The molecule has 1 aliphatic rings. The molecule has 0 saturated heterocycles. The quantitative estimate of drug-likeness (QED) is 0.843. The number of carbonyl (C=O) groups excluding carboxylic acids is 1. The lowest BCUT2D eigenvalue weighted by molar-refractivity contribution is 0.0211. The van der Waals surface area contributed by atoms with E-state index >= 15 is 0 Å². The summed E-state index contributed by atoms with van der Waals surface area (Å²) in [4.78, 5) is 12.0. The Bertz CT molecular complexity index is 605. The molecule has 0 radical (unpaired) electrons. The fraction of sp³-hybridized carbons (Fsp3) is 0.533. The predicted molar refractivity (Wildman–Crippen MR) is 85.0 cm³/mol. The first-order valence-corrected chi connectivity index (χ1v) is 8.84. The second-order valence-corrected chi connectivity index (χ2v) is 7.52. The van der Waals surface area contributed by atoms with Crippen LogP contribution in [-0.2, 0) is 14.9 Å². The van der Waals surface area contributed by atoms with Gasteiger partial charge in [0.25, 0.3) is 0 Å². The average molecular weight is 326 g/mol. The van der Waals surface area contributed by atoms with E-state index in [0.717, 1.165) is 30.0 Å². The van der Waals surface area contributed by atoms with Gasteiger partial charge in [0.05, 0.1) is 5.56 Å². The Hall–Kier alpha value is -1.60. The lowest BCUT2D eigenvalue weighted by atomic mass is 9.98. The molecule has 6 nitrogen and oxygen atoms in total. The number of esters is 1. The van der Waals surface area contributed by atoms with Crippen molar-refractivity contribution in [2.24, 2.45) is 0 Å². The number of carbonyl (C=O) groups is 1. The smallest absolute Gasteiger partial charge is 0.338 e. The van der Waals surface area contributed by atoms with E-state index < -0.39 is 10.2 Å². The topological polar surface area (TPSA) is 75.7 Å². The van der Waals surface area contributed by atoms with E-state index in [9.17, 15) is 13.2 Å². The molecule has 1 aromatic carbocycles. The Morgan fingerprint density at radius 3 is 2.27 bits per heavy atom. The van der Waals surface area contributed by atoms with Crippen LogP contribution in [0.3, 0.4) is 0 Å². The maximum absolute atomic E-state index is 12.0. The van der Waals surface area contributed by atoms with E-state index in [1.807, 2.05) is 0 Å². The van der Waals surface area contributed by atoms with Crippen molar-refractivity contribution in [2.75, 3.05) is 18.8 Å². The van der Waals surface area contributed by atoms with Crippen LogP contribution < -0.4 is 4.72 Å². The molecular formula is C15H22N2O4S. The highest BCUT2D eigenvalue weighted by atomic mass is 32.2. The summed E-state index contributed by atoms with van der Waals surface area (Å²) in [5, 5.41) is 0. The molecular weight excluding hydrogens is 304 g/mol. The minimum atomic E-state index is -3.54. The van der Waals surface area contributed by atoms with E-state index in [0.29, 0.717) is 11.3 Å². The zero-order chi connectivity index (χ0) is 16.2. The number of hydrogen-bond acceptors (Lipinski definition) is 4. The molecule has 0 aromatic heterocycles. The molecule has 1 saturated carbocycles. The summed E-state index contributed by atoms with van der Waals surface area (Å²) in [6.45, 7) is 0. The molecule has 2 rings (SSSR count). The highest BCUT2D eigenvalue weighted by Crippen LogP contribution is 2.22. The van der Waals surface area contributed by atoms with Gasteiger partial charge < -0.3 is 4.74 Å². The molecule has 0 heterocycles. The van der Waals surface area contributed by atoms with Gasteiger partial charge in [-0.25, -0.2) is 4.79 Å². The molecule has 0 spiro atoms. The Morgan fingerprint density at radius 2 is 1.73 bits per heavy atom. The van der Waals surface area contributed by atoms with Crippen LogP contribution in [0.25, 0.3) is 0 Å². The molecule has 1 fully saturated rings. The van der Waals surface area contributed by atoms with Gasteiger partial charge in [0, 0.05) is 19.8 Å². The van der Waals surface area contributed by atoms with Crippen LogP contribution in [0.1, 0.15) is 42.5 Å². The summed E-state index contributed by atoms with van der Waals surface area (Å²) in [5.41, 5.74) is 0.835. The van der Waals surface area contributed by atoms with Crippen LogP contribution in [0.15, 0.2) is 24.3 Å². The first-order valence-electron chi connectivity index (χ1n) is 7.40. The molecule has 0 unspecified atom stereocenters. The van der Waals surface area contributed by atoms with Crippen molar-refractivity contribution >= 4 is 21.9 Å². The lowest BCUT2D eigenvalue weighted by Gasteiger charge is -2.21. The van der Waals surface area contributed by atoms with E-state index in [2.05, 4.69) is 4.72 Å². The summed E-state index contributed by atoms with van der Waals surface area (Å²) in [7, 11) is -0.654. The van der Waals surface area contributed by atoms with Crippen molar-refractivity contribution in [3.8, 4) is 0 Å². The zero-order valence-corrected chi connectivity index (χ0v) is 13.7. The van der Waals surface area contributed by atoms with Crippen LogP contribution in [-0.4, -0.2) is 38.9 Å². The molecule has 1 aliphatic carbocycles. The van der Waals surface area contributed by atoms with Crippen LogP contribution in [0.5, 0.6) is 0 Å². The maximum atomic E-state index is 12.0. The maximum Gasteiger partial charge on any atom is 0.338 e. The van der Waals surface area contributed by atoms with E-state index in [-0.39, 0.29) is 12.1 Å². The third-order valence-corrected chi connectivity index (χ3v) is 5.13. The first kappa shape index (κ1) is 16.8. The normalized spacial score (nSPS) is 16.5. The van der Waals surface area contributed by atoms with Crippen LogP contribution in [0.2, 0.25) is 0 Å². The van der Waals surface area contributed by atoms with Crippen molar-refractivity contribution in [3.05, 3.63) is 29.8 Å². The van der Waals surface area contributed by atoms with Gasteiger partial charge in [0.2, 0.25) is 0 Å². The highest BCUT2D eigenvalue weighted by Gasteiger charge is 2.19. The van der Waals surface area contributed by atoms with Gasteiger partial charge >= 0.3 is 16.2 Å². The number of ether oxygens (including phenoxy) is 1. The number of anilines is 1. The fourth-order valence-corrected chi connectivity index (χ4v) is 2.93. The average Bonchev–Trinajstić information content (AvgIpc) is 2.48. The summed E-state index contributed by atoms with van der Waals surface area (Å²) < 4.78 is 32.4. The molecule has 122 valence electrons. The SMILES string of the molecule is CN(C)S(=O)(=O)Nc1ccc(C(=O)OC2CCCCC2)cc1. The van der Waals surface area contributed by atoms with Gasteiger partial charge in [0.15, 0.2) is 0 Å². The zero-order valence-electron chi connectivity index (χ0n) is 12.9. The van der Waals surface area contributed by atoms with Gasteiger partial charge in [-0.3, -0.25) is 4.72 Å². The third-order valence-electron chi connectivity index (χ3n) is 3.67. The van der Waals surface area contributed by atoms with Crippen LogP contribution >= 0.6 is 0 Å². The minimum Gasteiger partial charge on any atom is -0.459 e. The number of hydrogen-bond donors (Lipinski definition) is 1. The molecule has 0 aliphatic heterocycles. The Labute approximate surface area is 131 Å². The lowest BCUT2D eigenvalue weighted by Crippen LogP contribution is -2.28. The first-order chi connectivity index (χ1) is 10.4. The van der Waals surface area contributed by atoms with Crippen molar-refractivity contribution in [1.82, 2.24) is 4.31 Å². The second-order valence-electron chi connectivity index (χ2n) is 5.63. The molecule has 0 bridgehead atoms. The summed E-state index contributed by atoms with van der Waals surface area (Å²) >= 11 is 0. The van der Waals surface area contributed by atoms with Crippen molar-refractivity contribution in [2.45, 2.75) is 38.2 Å². The van der Waals surface area contributed by atoms with E-state index in [1.54, 1.807) is 24.3 Å². The molecule has 1 aromatic rings. The van der Waals surface area contributed by atoms with Crippen LogP contribution in [0, 0.1) is 0 Å². The standard InChI is InChI=1S/C15H22N2O4S/c1-17(2)22(19,20)16-13-10-8-12(9-11-13)15(18)21-14-6-4-3-5-7-14/h8-11,14,16H,3-7H2,1-2H3. The Kier molecular flexibility index (Phi) is 5.42. The Morgan fingerprint density at radius 1 is 1.14 bits per heavy atom. The molecule has 0 amide bonds. The second kappa shape index (κ2) is 7.11. The molecule has 7 heteroatoms. The Balaban J connectivity index is 1.97.